The van der Waals surface area contributed by atoms with Crippen molar-refractivity contribution in [2.24, 2.45) is 0 Å². The predicted molar refractivity (Wildman–Crippen MR) is 41.5 cm³/mol. The average Bonchev–Trinajstić information content (AvgIpc) is 2.15. The van der Waals surface area contributed by atoms with Crippen LogP contribution in [0.5, 0.6) is 0 Å². The van der Waals surface area contributed by atoms with Gasteiger partial charge in [-0.25, -0.2) is 9.59 Å². The first-order valence-electron chi connectivity index (χ1n) is 3.40. The van der Waals surface area contributed by atoms with E-state index in [1.165, 1.54) is 0 Å². The van der Waals surface area contributed by atoms with Gasteiger partial charge in [0, 0.05) is 16.8 Å². The zero-order chi connectivity index (χ0) is 11.7. The van der Waals surface area contributed by atoms with E-state index >= 15 is 0 Å². The van der Waals surface area contributed by atoms with Gasteiger partial charge in [0.1, 0.15) is 0 Å². The van der Waals surface area contributed by atoms with Gasteiger partial charge < -0.3 is 30.6 Å². The van der Waals surface area contributed by atoms with Crippen molar-refractivity contribution in [3.05, 3.63) is 0 Å². The van der Waals surface area contributed by atoms with E-state index in [2.05, 4.69) is 0 Å². The fourth-order valence-corrected chi connectivity index (χ4v) is 0.156. The number of hydrogen-bond acceptors (Lipinski definition) is 6. The van der Waals surface area contributed by atoms with E-state index in [1.807, 2.05) is 0 Å². The van der Waals surface area contributed by atoms with Crippen molar-refractivity contribution in [2.45, 2.75) is 12.2 Å². The van der Waals surface area contributed by atoms with Crippen LogP contribution in [0.2, 0.25) is 0 Å². The van der Waals surface area contributed by atoms with Crippen LogP contribution in [0.1, 0.15) is 0 Å². The molecule has 0 bridgehead atoms. The predicted octanol–water partition coefficient (Wildman–Crippen LogP) is -3.15. The van der Waals surface area contributed by atoms with Crippen LogP contribution in [-0.2, 0) is 26.4 Å². The van der Waals surface area contributed by atoms with E-state index in [-0.39, 0.29) is 16.8 Å². The quantitative estimate of drug-likeness (QED) is 0.313. The van der Waals surface area contributed by atoms with Crippen molar-refractivity contribution in [3.8, 4) is 0 Å². The Morgan fingerprint density at radius 1 is 0.867 bits per heavy atom. The third-order valence-corrected chi connectivity index (χ3v) is 0.916. The maximum atomic E-state index is 9.52. The molecular weight excluding hydrogens is 259 g/mol. The fraction of sp³-hybridized carbons (Fsp3) is 0.667. The van der Waals surface area contributed by atoms with Crippen molar-refractivity contribution in [1.82, 2.24) is 0 Å². The largest absolute Gasteiger partial charge is 0.479 e. The second-order valence-electron chi connectivity index (χ2n) is 2.07. The standard InChI is InChI=1S/2C3H6O4.Co/c2*4-1-2(5)3(6)7;/h2*2,4-5H,1H2,(H,6,7);. The van der Waals surface area contributed by atoms with Crippen molar-refractivity contribution in [2.75, 3.05) is 13.2 Å². The average molecular weight is 271 g/mol. The van der Waals surface area contributed by atoms with E-state index in [9.17, 15) is 9.59 Å². The first-order valence-corrected chi connectivity index (χ1v) is 3.40. The van der Waals surface area contributed by atoms with Gasteiger partial charge in [0.25, 0.3) is 0 Å². The van der Waals surface area contributed by atoms with Gasteiger partial charge in [-0.15, -0.1) is 0 Å². The molecule has 0 rings (SSSR count). The van der Waals surface area contributed by atoms with Crippen LogP contribution in [0.15, 0.2) is 0 Å². The van der Waals surface area contributed by atoms with Crippen molar-refractivity contribution >= 4 is 11.9 Å². The zero-order valence-electron chi connectivity index (χ0n) is 7.40. The molecule has 0 aromatic carbocycles. The first-order chi connectivity index (χ1) is 6.36. The van der Waals surface area contributed by atoms with Gasteiger partial charge in [0.2, 0.25) is 0 Å². The molecule has 2 atom stereocenters. The van der Waals surface area contributed by atoms with Crippen molar-refractivity contribution < 1.29 is 57.0 Å². The molecule has 0 aromatic rings. The summed E-state index contributed by atoms with van der Waals surface area (Å²) in [7, 11) is 0. The summed E-state index contributed by atoms with van der Waals surface area (Å²) < 4.78 is 0. The molecule has 0 heterocycles. The maximum Gasteiger partial charge on any atom is 0.334 e. The van der Waals surface area contributed by atoms with E-state index in [4.69, 9.17) is 30.6 Å². The van der Waals surface area contributed by atoms with Crippen LogP contribution < -0.4 is 0 Å². The minimum absolute atomic E-state index is 0. The molecule has 8 nitrogen and oxygen atoms in total. The Balaban J connectivity index is -0.000000180. The second kappa shape index (κ2) is 11.4. The third kappa shape index (κ3) is 13.3. The summed E-state index contributed by atoms with van der Waals surface area (Å²) >= 11 is 0. The number of hydrogen-bond donors (Lipinski definition) is 6. The van der Waals surface area contributed by atoms with Gasteiger partial charge in [0.15, 0.2) is 12.2 Å². The van der Waals surface area contributed by atoms with Crippen LogP contribution in [0.25, 0.3) is 0 Å². The van der Waals surface area contributed by atoms with Gasteiger partial charge in [-0.1, -0.05) is 0 Å². The van der Waals surface area contributed by atoms with E-state index in [1.54, 1.807) is 0 Å². The molecule has 0 aliphatic heterocycles. The molecule has 93 valence electrons. The van der Waals surface area contributed by atoms with E-state index < -0.39 is 37.4 Å². The number of aliphatic hydroxyl groups is 4. The van der Waals surface area contributed by atoms with Gasteiger partial charge in [-0.3, -0.25) is 0 Å². The monoisotopic (exact) mass is 271 g/mol. The number of carboxylic acids is 2. The molecule has 15 heavy (non-hydrogen) atoms. The first kappa shape index (κ1) is 19.8. The minimum Gasteiger partial charge on any atom is -0.479 e. The van der Waals surface area contributed by atoms with Crippen LogP contribution in [0, 0.1) is 0 Å². The Kier molecular flexibility index (Phi) is 15.0. The fourth-order valence-electron chi connectivity index (χ4n) is 0.156. The van der Waals surface area contributed by atoms with Crippen LogP contribution in [-0.4, -0.2) is 68.0 Å². The molecule has 1 radical (unpaired) electrons. The number of carboxylic acid groups (broad SMARTS) is 2. The Labute approximate surface area is 95.0 Å². The molecule has 0 amide bonds. The summed E-state index contributed by atoms with van der Waals surface area (Å²) in [6, 6.07) is 0. The molecule has 0 aliphatic carbocycles. The van der Waals surface area contributed by atoms with Crippen molar-refractivity contribution in [3.63, 3.8) is 0 Å². The Bertz CT molecular complexity index is 164. The SMILES string of the molecule is O=C(O)C(O)CO.O=C(O)C(O)CO.[Co]. The Morgan fingerprint density at radius 2 is 1.07 bits per heavy atom. The maximum absolute atomic E-state index is 9.52. The summed E-state index contributed by atoms with van der Waals surface area (Å²) in [6.45, 7) is -1.45. The van der Waals surface area contributed by atoms with E-state index in [0.29, 0.717) is 0 Å². The minimum atomic E-state index is -1.63. The Hall–Kier alpha value is -0.714. The molecule has 0 fully saturated rings. The second-order valence-corrected chi connectivity index (χ2v) is 2.07. The number of aliphatic carboxylic acids is 2. The molecule has 0 saturated carbocycles. The van der Waals surface area contributed by atoms with E-state index in [0.717, 1.165) is 0 Å². The number of aliphatic hydroxyl groups excluding tert-OH is 4. The summed E-state index contributed by atoms with van der Waals surface area (Å²) in [5, 5.41) is 47.5. The Morgan fingerprint density at radius 3 is 1.07 bits per heavy atom. The molecule has 0 saturated heterocycles. The topological polar surface area (TPSA) is 156 Å². The normalized spacial score (nSPS) is 12.5. The number of carbonyl (C=O) groups is 2. The smallest absolute Gasteiger partial charge is 0.334 e. The van der Waals surface area contributed by atoms with Gasteiger partial charge in [0.05, 0.1) is 13.2 Å². The molecule has 0 spiro atoms. The molecule has 6 N–H and O–H groups in total. The molecule has 9 heteroatoms. The van der Waals surface area contributed by atoms with Gasteiger partial charge in [-0.2, -0.15) is 0 Å². The zero-order valence-corrected chi connectivity index (χ0v) is 8.44. The molecule has 0 aliphatic rings. The summed E-state index contributed by atoms with van der Waals surface area (Å²) in [4.78, 5) is 19.0. The summed E-state index contributed by atoms with van der Waals surface area (Å²) in [5.74, 6) is -2.80. The van der Waals surface area contributed by atoms with Crippen LogP contribution in [0.4, 0.5) is 0 Å². The van der Waals surface area contributed by atoms with Crippen LogP contribution in [0.3, 0.4) is 0 Å². The summed E-state index contributed by atoms with van der Waals surface area (Å²) in [5.41, 5.74) is 0. The van der Waals surface area contributed by atoms with Crippen LogP contribution >= 0.6 is 0 Å². The summed E-state index contributed by atoms with van der Waals surface area (Å²) in [6.07, 6.45) is -3.25. The number of rotatable bonds is 4. The molecular formula is C6H12CoO8. The van der Waals surface area contributed by atoms with Gasteiger partial charge >= 0.3 is 11.9 Å². The van der Waals surface area contributed by atoms with Gasteiger partial charge in [-0.05, 0) is 0 Å². The molecule has 2 unspecified atom stereocenters. The third-order valence-electron chi connectivity index (χ3n) is 0.916. The molecule has 0 aromatic heterocycles. The van der Waals surface area contributed by atoms with Crippen molar-refractivity contribution in [1.29, 1.82) is 0 Å².